The number of benzene rings is 2. The van der Waals surface area contributed by atoms with Crippen LogP contribution in [0.2, 0.25) is 0 Å². The molecule has 0 saturated carbocycles. The standard InChI is InChI=1S/C15H14N2.BF4/c1-16-12-8-6-10-4-3-5-11-7-9-13(17-2)15(12)14(10)11;2-1(3,4)5/h3-9,16H,1-2H3;/q;-1/p+1. The zero-order valence-corrected chi connectivity index (χ0v) is 12.1. The molecule has 2 N–H and O–H groups in total. The Balaban J connectivity index is 0.000000309. The first-order chi connectivity index (χ1) is 10.3. The van der Waals surface area contributed by atoms with Crippen LogP contribution < -0.4 is 10.3 Å². The molecule has 0 radical (unpaired) electrons. The Hall–Kier alpha value is -2.31. The van der Waals surface area contributed by atoms with E-state index in [1.165, 1.54) is 33.3 Å². The van der Waals surface area contributed by atoms with Gasteiger partial charge in [0.25, 0.3) is 0 Å². The Bertz CT molecular complexity index is 745. The Morgan fingerprint density at radius 2 is 1.68 bits per heavy atom. The van der Waals surface area contributed by atoms with Crippen LogP contribution in [-0.2, 0) is 0 Å². The zero-order chi connectivity index (χ0) is 16.3. The molecule has 0 saturated heterocycles. The third-order valence-corrected chi connectivity index (χ3v) is 3.32. The number of nitrogens with one attached hydrogen (secondary N) is 2. The van der Waals surface area contributed by atoms with Crippen LogP contribution in [0.4, 0.5) is 23.0 Å². The molecule has 0 amide bonds. The predicted octanol–water partition coefficient (Wildman–Crippen LogP) is 2.71. The lowest BCUT2D eigenvalue weighted by Crippen LogP contribution is -2.67. The van der Waals surface area contributed by atoms with E-state index in [0.29, 0.717) is 0 Å². The van der Waals surface area contributed by atoms with Gasteiger partial charge >= 0.3 is 7.25 Å². The minimum absolute atomic E-state index is 1.17. The summed E-state index contributed by atoms with van der Waals surface area (Å²) in [4.78, 5) is 3.27. The van der Waals surface area contributed by atoms with Crippen molar-refractivity contribution in [3.63, 3.8) is 0 Å². The van der Waals surface area contributed by atoms with Crippen LogP contribution >= 0.6 is 0 Å². The van der Waals surface area contributed by atoms with E-state index in [2.05, 4.69) is 52.8 Å². The fraction of sp³-hybridized carbons (Fsp3) is 0.133. The SMILES string of the molecule is CNc1ccc2cccc3c2c1C(=[NH+]C)C=C3.F[B-](F)(F)F. The second kappa shape index (κ2) is 6.21. The second-order valence-corrected chi connectivity index (χ2v) is 4.68. The van der Waals surface area contributed by atoms with Gasteiger partial charge in [-0.15, -0.1) is 0 Å². The van der Waals surface area contributed by atoms with Crippen molar-refractivity contribution in [2.75, 3.05) is 19.4 Å². The molecule has 2 nitrogen and oxygen atoms in total. The molecule has 116 valence electrons. The Kier molecular flexibility index (Phi) is 4.54. The Labute approximate surface area is 125 Å². The molecule has 0 aromatic heterocycles. The minimum atomic E-state index is -6.00. The van der Waals surface area contributed by atoms with Crippen molar-refractivity contribution in [3.8, 4) is 0 Å². The Morgan fingerprint density at radius 3 is 2.27 bits per heavy atom. The first-order valence-corrected chi connectivity index (χ1v) is 6.69. The molecular weight excluding hydrogens is 295 g/mol. The molecule has 2 aromatic carbocycles. The molecule has 0 heterocycles. The number of halogens is 4. The second-order valence-electron chi connectivity index (χ2n) is 4.68. The van der Waals surface area contributed by atoms with Gasteiger partial charge in [-0.2, -0.15) is 0 Å². The summed E-state index contributed by atoms with van der Waals surface area (Å²) in [6, 6.07) is 10.7. The third kappa shape index (κ3) is 3.47. The molecule has 7 heteroatoms. The lowest BCUT2D eigenvalue weighted by Gasteiger charge is -2.15. The van der Waals surface area contributed by atoms with Crippen LogP contribution in [0.3, 0.4) is 0 Å². The maximum Gasteiger partial charge on any atom is 0.673 e. The summed E-state index contributed by atoms with van der Waals surface area (Å²) >= 11 is 0. The molecule has 0 aliphatic heterocycles. The molecule has 1 aliphatic rings. The van der Waals surface area contributed by atoms with Gasteiger partial charge in [-0.05, 0) is 23.1 Å². The lowest BCUT2D eigenvalue weighted by atomic mass is 9.90. The van der Waals surface area contributed by atoms with Gasteiger partial charge < -0.3 is 22.6 Å². The van der Waals surface area contributed by atoms with Gasteiger partial charge in [0, 0.05) is 24.2 Å². The van der Waals surface area contributed by atoms with E-state index in [-0.39, 0.29) is 0 Å². The highest BCUT2D eigenvalue weighted by molar-refractivity contribution is 6.50. The molecule has 0 fully saturated rings. The molecule has 2 aromatic rings. The van der Waals surface area contributed by atoms with Crippen LogP contribution in [0, 0.1) is 0 Å². The van der Waals surface area contributed by atoms with Gasteiger partial charge in [-0.25, -0.2) is 4.99 Å². The quantitative estimate of drug-likeness (QED) is 0.615. The van der Waals surface area contributed by atoms with E-state index >= 15 is 0 Å². The fourth-order valence-corrected chi connectivity index (χ4v) is 2.50. The highest BCUT2D eigenvalue weighted by atomic mass is 19.5. The molecule has 0 bridgehead atoms. The lowest BCUT2D eigenvalue weighted by molar-refractivity contribution is -0.418. The van der Waals surface area contributed by atoms with Crippen molar-refractivity contribution >= 4 is 35.5 Å². The van der Waals surface area contributed by atoms with E-state index in [1.807, 2.05) is 14.1 Å². The maximum atomic E-state index is 9.75. The fourth-order valence-electron chi connectivity index (χ4n) is 2.50. The van der Waals surface area contributed by atoms with E-state index in [4.69, 9.17) is 0 Å². The summed E-state index contributed by atoms with van der Waals surface area (Å²) in [5, 5.41) is 5.88. The van der Waals surface area contributed by atoms with Crippen molar-refractivity contribution < 1.29 is 22.3 Å². The first kappa shape index (κ1) is 16.1. The van der Waals surface area contributed by atoms with Crippen LogP contribution in [0.5, 0.6) is 0 Å². The number of hydrogen-bond acceptors (Lipinski definition) is 1. The van der Waals surface area contributed by atoms with Gasteiger partial charge in [0.05, 0.1) is 5.56 Å². The summed E-state index contributed by atoms with van der Waals surface area (Å²) < 4.78 is 39.0. The van der Waals surface area contributed by atoms with E-state index in [9.17, 15) is 17.3 Å². The number of hydrogen-bond donors (Lipinski definition) is 2. The monoisotopic (exact) mass is 310 g/mol. The van der Waals surface area contributed by atoms with Gasteiger partial charge in [-0.1, -0.05) is 24.3 Å². The normalized spacial score (nSPS) is 14.7. The number of anilines is 1. The summed E-state index contributed by atoms with van der Waals surface area (Å²) in [6.07, 6.45) is 4.30. The topological polar surface area (TPSA) is 26.0 Å². The zero-order valence-electron chi connectivity index (χ0n) is 12.1. The average molecular weight is 310 g/mol. The van der Waals surface area contributed by atoms with Crippen molar-refractivity contribution in [3.05, 3.63) is 47.5 Å². The van der Waals surface area contributed by atoms with E-state index < -0.39 is 7.25 Å². The largest absolute Gasteiger partial charge is 0.673 e. The van der Waals surface area contributed by atoms with E-state index in [0.717, 1.165) is 0 Å². The van der Waals surface area contributed by atoms with Gasteiger partial charge in [-0.3, -0.25) is 0 Å². The smallest absolute Gasteiger partial charge is 0.418 e. The van der Waals surface area contributed by atoms with Crippen molar-refractivity contribution in [2.24, 2.45) is 0 Å². The van der Waals surface area contributed by atoms with E-state index in [1.54, 1.807) is 0 Å². The highest BCUT2D eigenvalue weighted by Crippen LogP contribution is 2.32. The molecule has 0 unspecified atom stereocenters. The molecule has 3 rings (SSSR count). The van der Waals surface area contributed by atoms with Gasteiger partial charge in [0.2, 0.25) is 5.71 Å². The molecule has 0 atom stereocenters. The van der Waals surface area contributed by atoms with Crippen LogP contribution in [0.15, 0.2) is 36.4 Å². The van der Waals surface area contributed by atoms with Crippen LogP contribution in [0.25, 0.3) is 16.8 Å². The van der Waals surface area contributed by atoms with Gasteiger partial charge in [0.1, 0.15) is 7.05 Å². The van der Waals surface area contributed by atoms with Gasteiger partial charge in [0.15, 0.2) is 0 Å². The number of allylic oxidation sites excluding steroid dienone is 1. The maximum absolute atomic E-state index is 9.75. The summed E-state index contributed by atoms with van der Waals surface area (Å²) in [5.41, 5.74) is 4.89. The summed E-state index contributed by atoms with van der Waals surface area (Å²) in [7, 11) is -2.07. The summed E-state index contributed by atoms with van der Waals surface area (Å²) in [6.45, 7) is 0. The van der Waals surface area contributed by atoms with Crippen LogP contribution in [0.1, 0.15) is 11.1 Å². The van der Waals surface area contributed by atoms with Crippen molar-refractivity contribution in [1.82, 2.24) is 0 Å². The minimum Gasteiger partial charge on any atom is -0.418 e. The van der Waals surface area contributed by atoms with Crippen molar-refractivity contribution in [1.29, 1.82) is 0 Å². The first-order valence-electron chi connectivity index (χ1n) is 6.69. The third-order valence-electron chi connectivity index (χ3n) is 3.32. The number of rotatable bonds is 1. The average Bonchev–Trinajstić information content (AvgIpc) is 2.46. The predicted molar refractivity (Wildman–Crippen MR) is 83.7 cm³/mol. The summed E-state index contributed by atoms with van der Waals surface area (Å²) in [5.74, 6) is 0. The molecular formula is C15H15BF4N2. The van der Waals surface area contributed by atoms with Crippen molar-refractivity contribution in [2.45, 2.75) is 0 Å². The highest BCUT2D eigenvalue weighted by Gasteiger charge is 2.21. The Morgan fingerprint density at radius 1 is 1.00 bits per heavy atom. The van der Waals surface area contributed by atoms with Crippen LogP contribution in [-0.4, -0.2) is 27.1 Å². The molecule has 1 aliphatic carbocycles. The molecule has 22 heavy (non-hydrogen) atoms. The molecule has 0 spiro atoms.